The summed E-state index contributed by atoms with van der Waals surface area (Å²) < 4.78 is 0.982. The van der Waals surface area contributed by atoms with Crippen LogP contribution in [0.15, 0.2) is 40.9 Å². The van der Waals surface area contributed by atoms with Crippen LogP contribution in [0.25, 0.3) is 10.8 Å². The third kappa shape index (κ3) is 2.38. The number of nitrogens with one attached hydrogen (secondary N) is 2. The summed E-state index contributed by atoms with van der Waals surface area (Å²) in [5.74, 6) is -0.0716. The van der Waals surface area contributed by atoms with Gasteiger partial charge in [0.2, 0.25) is 0 Å². The number of nitrogen functional groups attached to an aromatic ring is 1. The van der Waals surface area contributed by atoms with Gasteiger partial charge in [-0.2, -0.15) is 5.10 Å². The molecule has 0 bridgehead atoms. The molecule has 6 heteroatoms. The monoisotopic (exact) mass is 344 g/mol. The van der Waals surface area contributed by atoms with E-state index in [9.17, 15) is 4.79 Å². The third-order valence-electron chi connectivity index (χ3n) is 3.32. The molecule has 2 aromatic carbocycles. The summed E-state index contributed by atoms with van der Waals surface area (Å²) in [7, 11) is 0. The number of nitrogens with zero attached hydrogens (tertiary/aromatic N) is 1. The normalized spacial score (nSPS) is 10.8. The second kappa shape index (κ2) is 5.21. The number of benzene rings is 2. The average molecular weight is 345 g/mol. The Morgan fingerprint density at radius 2 is 1.95 bits per heavy atom. The molecule has 3 rings (SSSR count). The number of H-pyrrole nitrogens is 1. The van der Waals surface area contributed by atoms with E-state index in [1.165, 1.54) is 0 Å². The van der Waals surface area contributed by atoms with Crippen LogP contribution in [0, 0.1) is 6.92 Å². The number of hydrogen-bond acceptors (Lipinski definition) is 3. The molecule has 0 saturated carbocycles. The van der Waals surface area contributed by atoms with Crippen molar-refractivity contribution in [1.29, 1.82) is 0 Å². The molecule has 106 valence electrons. The van der Waals surface area contributed by atoms with Gasteiger partial charge in [0.15, 0.2) is 5.82 Å². The maximum atomic E-state index is 12.4. The van der Waals surface area contributed by atoms with E-state index in [4.69, 9.17) is 5.73 Å². The molecule has 0 aliphatic rings. The van der Waals surface area contributed by atoms with Gasteiger partial charge in [0, 0.05) is 21.2 Å². The Hall–Kier alpha value is -2.34. The van der Waals surface area contributed by atoms with Gasteiger partial charge >= 0.3 is 0 Å². The number of carbonyl (C=O) groups is 1. The first-order valence-corrected chi connectivity index (χ1v) is 7.16. The summed E-state index contributed by atoms with van der Waals surface area (Å²) in [6, 6.07) is 11.6. The van der Waals surface area contributed by atoms with Crippen molar-refractivity contribution in [3.8, 4) is 0 Å². The number of anilines is 2. The van der Waals surface area contributed by atoms with E-state index in [1.54, 1.807) is 6.92 Å². The fourth-order valence-corrected chi connectivity index (χ4v) is 2.77. The van der Waals surface area contributed by atoms with E-state index in [0.717, 1.165) is 20.9 Å². The zero-order chi connectivity index (χ0) is 15.0. The number of aromatic nitrogens is 2. The van der Waals surface area contributed by atoms with Gasteiger partial charge in [-0.3, -0.25) is 9.89 Å². The second-order valence-corrected chi connectivity index (χ2v) is 5.56. The number of aromatic amines is 1. The first-order valence-electron chi connectivity index (χ1n) is 6.37. The molecule has 1 heterocycles. The van der Waals surface area contributed by atoms with Crippen LogP contribution in [-0.4, -0.2) is 16.1 Å². The van der Waals surface area contributed by atoms with E-state index >= 15 is 0 Å². The van der Waals surface area contributed by atoms with Crippen molar-refractivity contribution in [1.82, 2.24) is 10.2 Å². The molecule has 0 aliphatic heterocycles. The smallest absolute Gasteiger partial charge is 0.261 e. The van der Waals surface area contributed by atoms with Crippen LogP contribution in [-0.2, 0) is 0 Å². The minimum Gasteiger partial charge on any atom is -0.382 e. The number of amides is 1. The predicted molar refractivity (Wildman–Crippen MR) is 87.3 cm³/mol. The number of nitrogens with two attached hydrogens (primary N) is 1. The topological polar surface area (TPSA) is 83.8 Å². The highest BCUT2D eigenvalue weighted by Gasteiger charge is 2.17. The lowest BCUT2D eigenvalue weighted by molar-refractivity contribution is 0.102. The fraction of sp³-hybridized carbons (Fsp3) is 0.0667. The van der Waals surface area contributed by atoms with Crippen molar-refractivity contribution in [2.45, 2.75) is 6.92 Å². The van der Waals surface area contributed by atoms with Gasteiger partial charge in [-0.05, 0) is 24.4 Å². The maximum Gasteiger partial charge on any atom is 0.261 e. The minimum absolute atomic E-state index is 0.200. The molecular formula is C15H13BrN4O. The number of rotatable bonds is 2. The van der Waals surface area contributed by atoms with Crippen molar-refractivity contribution >= 4 is 44.1 Å². The van der Waals surface area contributed by atoms with Crippen LogP contribution in [0.4, 0.5) is 11.5 Å². The number of hydrogen-bond donors (Lipinski definition) is 3. The number of carbonyl (C=O) groups excluding carboxylic acids is 1. The molecule has 21 heavy (non-hydrogen) atoms. The highest BCUT2D eigenvalue weighted by Crippen LogP contribution is 2.30. The summed E-state index contributed by atoms with van der Waals surface area (Å²) in [5.41, 5.74) is 7.48. The highest BCUT2D eigenvalue weighted by atomic mass is 79.9. The van der Waals surface area contributed by atoms with E-state index in [0.29, 0.717) is 11.3 Å². The molecule has 0 saturated heterocycles. The predicted octanol–water partition coefficient (Wildman–Crippen LogP) is 3.47. The second-order valence-electron chi connectivity index (χ2n) is 4.70. The van der Waals surface area contributed by atoms with Crippen LogP contribution in [0.1, 0.15) is 16.1 Å². The number of halogens is 1. The molecule has 1 amide bonds. The van der Waals surface area contributed by atoms with Crippen LogP contribution < -0.4 is 11.1 Å². The minimum atomic E-state index is -0.272. The summed E-state index contributed by atoms with van der Waals surface area (Å²) in [4.78, 5) is 12.4. The standard InChI is InChI=1S/C15H13BrN4O/c1-8-13(14(17)20-19-8)15(21)18-12-7-6-11(16)9-4-2-3-5-10(9)12/h2-7H,1H3,(H,18,21)(H3,17,19,20). The lowest BCUT2D eigenvalue weighted by Gasteiger charge is -2.10. The quantitative estimate of drug-likeness (QED) is 0.665. The highest BCUT2D eigenvalue weighted by molar-refractivity contribution is 9.10. The van der Waals surface area contributed by atoms with Crippen molar-refractivity contribution < 1.29 is 4.79 Å². The van der Waals surface area contributed by atoms with Crippen LogP contribution in [0.3, 0.4) is 0 Å². The largest absolute Gasteiger partial charge is 0.382 e. The fourth-order valence-electron chi connectivity index (χ4n) is 2.29. The molecule has 0 unspecified atom stereocenters. The van der Waals surface area contributed by atoms with Crippen molar-refractivity contribution in [3.05, 3.63) is 52.1 Å². The van der Waals surface area contributed by atoms with Gasteiger partial charge in [0.25, 0.3) is 5.91 Å². The lowest BCUT2D eigenvalue weighted by Crippen LogP contribution is -2.14. The Kier molecular flexibility index (Phi) is 3.39. The van der Waals surface area contributed by atoms with Crippen LogP contribution >= 0.6 is 15.9 Å². The Balaban J connectivity index is 2.03. The summed E-state index contributed by atoms with van der Waals surface area (Å²) in [6.45, 7) is 1.76. The van der Waals surface area contributed by atoms with Crippen LogP contribution in [0.2, 0.25) is 0 Å². The first-order chi connectivity index (χ1) is 10.1. The van der Waals surface area contributed by atoms with Gasteiger partial charge in [0.05, 0.1) is 0 Å². The number of fused-ring (bicyclic) bond motifs is 1. The van der Waals surface area contributed by atoms with E-state index in [2.05, 4.69) is 31.4 Å². The Morgan fingerprint density at radius 1 is 1.24 bits per heavy atom. The zero-order valence-corrected chi connectivity index (χ0v) is 12.9. The van der Waals surface area contributed by atoms with Gasteiger partial charge in [-0.1, -0.05) is 40.2 Å². The molecule has 1 aromatic heterocycles. The Morgan fingerprint density at radius 3 is 2.62 bits per heavy atom. The van der Waals surface area contributed by atoms with Crippen LogP contribution in [0.5, 0.6) is 0 Å². The summed E-state index contributed by atoms with van der Waals surface area (Å²) >= 11 is 3.51. The molecule has 0 spiro atoms. The molecule has 0 radical (unpaired) electrons. The van der Waals surface area contributed by atoms with E-state index < -0.39 is 0 Å². The van der Waals surface area contributed by atoms with Gasteiger partial charge < -0.3 is 11.1 Å². The summed E-state index contributed by atoms with van der Waals surface area (Å²) in [5, 5.41) is 11.4. The van der Waals surface area contributed by atoms with Crippen molar-refractivity contribution in [3.63, 3.8) is 0 Å². The number of aryl methyl sites for hydroxylation is 1. The lowest BCUT2D eigenvalue weighted by atomic mass is 10.1. The third-order valence-corrected chi connectivity index (χ3v) is 4.01. The zero-order valence-electron chi connectivity index (χ0n) is 11.3. The molecular weight excluding hydrogens is 332 g/mol. The van der Waals surface area contributed by atoms with Crippen molar-refractivity contribution in [2.24, 2.45) is 0 Å². The SMILES string of the molecule is Cc1[nH]nc(N)c1C(=O)Nc1ccc(Br)c2ccccc12. The van der Waals surface area contributed by atoms with Gasteiger partial charge in [-0.25, -0.2) is 0 Å². The maximum absolute atomic E-state index is 12.4. The Bertz CT molecular complexity index is 821. The van der Waals surface area contributed by atoms with Gasteiger partial charge in [0.1, 0.15) is 5.56 Å². The summed E-state index contributed by atoms with van der Waals surface area (Å²) in [6.07, 6.45) is 0. The molecule has 0 atom stereocenters. The average Bonchev–Trinajstić information content (AvgIpc) is 2.81. The van der Waals surface area contributed by atoms with Crippen molar-refractivity contribution in [2.75, 3.05) is 11.1 Å². The molecule has 4 N–H and O–H groups in total. The molecule has 0 fully saturated rings. The Labute approximate surface area is 129 Å². The van der Waals surface area contributed by atoms with E-state index in [-0.39, 0.29) is 11.7 Å². The molecule has 5 nitrogen and oxygen atoms in total. The first kappa shape index (κ1) is 13.6. The van der Waals surface area contributed by atoms with E-state index in [1.807, 2.05) is 36.4 Å². The van der Waals surface area contributed by atoms with Gasteiger partial charge in [-0.15, -0.1) is 0 Å². The molecule has 3 aromatic rings. The molecule has 0 aliphatic carbocycles.